The molecule has 0 bridgehead atoms. The maximum absolute atomic E-state index is 12.4. The van der Waals surface area contributed by atoms with Crippen molar-refractivity contribution in [3.63, 3.8) is 0 Å². The molecular weight excluding hydrogens is 312 g/mol. The molecule has 126 valence electrons. The monoisotopic (exact) mass is 332 g/mol. The van der Waals surface area contributed by atoms with E-state index in [1.807, 2.05) is 62.4 Å². The quantitative estimate of drug-likeness (QED) is 0.742. The van der Waals surface area contributed by atoms with Crippen LogP contribution in [0.15, 0.2) is 60.9 Å². The highest BCUT2D eigenvalue weighted by atomic mass is 16.1. The summed E-state index contributed by atoms with van der Waals surface area (Å²) in [7, 11) is 0. The van der Waals surface area contributed by atoms with Crippen LogP contribution in [0.5, 0.6) is 0 Å². The molecule has 1 aromatic heterocycles. The molecule has 5 nitrogen and oxygen atoms in total. The zero-order valence-electron chi connectivity index (χ0n) is 14.3. The molecule has 0 radical (unpaired) electrons. The highest BCUT2D eigenvalue weighted by Crippen LogP contribution is 2.18. The topological polar surface area (TPSA) is 66.9 Å². The summed E-state index contributed by atoms with van der Waals surface area (Å²) in [5, 5.41) is 6.04. The highest BCUT2D eigenvalue weighted by molar-refractivity contribution is 6.04. The molecule has 1 amide bonds. The maximum Gasteiger partial charge on any atom is 0.258 e. The standard InChI is InChI=1S/C20H20N4O/c1-14-7-6-10-18(15(14)2)24-19(25)17-12-22-20(23-13-17)21-11-16-8-4-3-5-9-16/h3-10,12-13H,11H2,1-2H3,(H,24,25)(H,21,22,23). The summed E-state index contributed by atoms with van der Waals surface area (Å²) in [5.41, 5.74) is 4.55. The molecule has 0 saturated carbocycles. The number of hydrogen-bond donors (Lipinski definition) is 2. The molecule has 3 aromatic rings. The van der Waals surface area contributed by atoms with Crippen LogP contribution < -0.4 is 10.6 Å². The first-order valence-corrected chi connectivity index (χ1v) is 8.11. The Morgan fingerprint density at radius 1 is 0.960 bits per heavy atom. The van der Waals surface area contributed by atoms with Crippen molar-refractivity contribution in [3.8, 4) is 0 Å². The van der Waals surface area contributed by atoms with E-state index in [1.54, 1.807) is 0 Å². The first-order chi connectivity index (χ1) is 12.1. The van der Waals surface area contributed by atoms with Crippen molar-refractivity contribution < 1.29 is 4.79 Å². The lowest BCUT2D eigenvalue weighted by Crippen LogP contribution is -2.14. The lowest BCUT2D eigenvalue weighted by atomic mass is 10.1. The minimum Gasteiger partial charge on any atom is -0.350 e. The number of rotatable bonds is 5. The van der Waals surface area contributed by atoms with Gasteiger partial charge < -0.3 is 10.6 Å². The Bertz CT molecular complexity index is 861. The average molecular weight is 332 g/mol. The molecule has 0 aliphatic carbocycles. The van der Waals surface area contributed by atoms with Gasteiger partial charge in [-0.2, -0.15) is 0 Å². The summed E-state index contributed by atoms with van der Waals surface area (Å²) in [6, 6.07) is 15.8. The second-order valence-corrected chi connectivity index (χ2v) is 5.84. The molecule has 5 heteroatoms. The molecule has 0 saturated heterocycles. The molecule has 25 heavy (non-hydrogen) atoms. The lowest BCUT2D eigenvalue weighted by molar-refractivity contribution is 0.102. The van der Waals surface area contributed by atoms with Crippen molar-refractivity contribution in [1.82, 2.24) is 9.97 Å². The van der Waals surface area contributed by atoms with Gasteiger partial charge in [0.15, 0.2) is 0 Å². The Kier molecular flexibility index (Phi) is 5.04. The molecular formula is C20H20N4O. The van der Waals surface area contributed by atoms with E-state index in [4.69, 9.17) is 0 Å². The maximum atomic E-state index is 12.4. The van der Waals surface area contributed by atoms with Gasteiger partial charge in [-0.1, -0.05) is 42.5 Å². The fraction of sp³-hybridized carbons (Fsp3) is 0.150. The zero-order chi connectivity index (χ0) is 17.6. The Morgan fingerprint density at radius 3 is 2.40 bits per heavy atom. The minimum atomic E-state index is -0.219. The lowest BCUT2D eigenvalue weighted by Gasteiger charge is -2.10. The Balaban J connectivity index is 1.63. The van der Waals surface area contributed by atoms with Gasteiger partial charge in [-0.25, -0.2) is 9.97 Å². The third-order valence-electron chi connectivity index (χ3n) is 4.06. The van der Waals surface area contributed by atoms with Gasteiger partial charge in [0, 0.05) is 24.6 Å². The van der Waals surface area contributed by atoms with Gasteiger partial charge in [-0.05, 0) is 36.6 Å². The van der Waals surface area contributed by atoms with Crippen LogP contribution in [0.25, 0.3) is 0 Å². The highest BCUT2D eigenvalue weighted by Gasteiger charge is 2.10. The smallest absolute Gasteiger partial charge is 0.258 e. The first-order valence-electron chi connectivity index (χ1n) is 8.11. The first kappa shape index (κ1) is 16.6. The summed E-state index contributed by atoms with van der Waals surface area (Å²) in [6.45, 7) is 4.63. The van der Waals surface area contributed by atoms with E-state index in [1.165, 1.54) is 12.4 Å². The number of hydrogen-bond acceptors (Lipinski definition) is 4. The normalized spacial score (nSPS) is 10.3. The summed E-state index contributed by atoms with van der Waals surface area (Å²) in [4.78, 5) is 20.8. The summed E-state index contributed by atoms with van der Waals surface area (Å²) in [6.07, 6.45) is 3.06. The third kappa shape index (κ3) is 4.20. The number of anilines is 2. The van der Waals surface area contributed by atoms with E-state index in [2.05, 4.69) is 20.6 Å². The number of nitrogens with one attached hydrogen (secondary N) is 2. The Morgan fingerprint density at radius 2 is 1.68 bits per heavy atom. The fourth-order valence-corrected chi connectivity index (χ4v) is 2.39. The molecule has 1 heterocycles. The zero-order valence-corrected chi connectivity index (χ0v) is 14.3. The SMILES string of the molecule is Cc1cccc(NC(=O)c2cnc(NCc3ccccc3)nc2)c1C. The van der Waals surface area contributed by atoms with Crippen molar-refractivity contribution in [2.75, 3.05) is 10.6 Å². The molecule has 0 fully saturated rings. The Hall–Kier alpha value is -3.21. The Labute approximate surface area is 147 Å². The fourth-order valence-electron chi connectivity index (χ4n) is 2.39. The molecule has 0 aliphatic rings. The van der Waals surface area contributed by atoms with E-state index in [9.17, 15) is 4.79 Å². The average Bonchev–Trinajstić information content (AvgIpc) is 2.65. The van der Waals surface area contributed by atoms with Gasteiger partial charge in [-0.15, -0.1) is 0 Å². The summed E-state index contributed by atoms with van der Waals surface area (Å²) in [5.74, 6) is 0.274. The number of benzene rings is 2. The third-order valence-corrected chi connectivity index (χ3v) is 4.06. The second kappa shape index (κ2) is 7.57. The molecule has 0 atom stereocenters. The van der Waals surface area contributed by atoms with Crippen LogP contribution in [0.3, 0.4) is 0 Å². The van der Waals surface area contributed by atoms with Crippen molar-refractivity contribution in [2.24, 2.45) is 0 Å². The second-order valence-electron chi connectivity index (χ2n) is 5.84. The van der Waals surface area contributed by atoms with Crippen LogP contribution in [0.4, 0.5) is 11.6 Å². The van der Waals surface area contributed by atoms with Gasteiger partial charge in [0.2, 0.25) is 5.95 Å². The van der Waals surface area contributed by atoms with Gasteiger partial charge in [-0.3, -0.25) is 4.79 Å². The van der Waals surface area contributed by atoms with E-state index < -0.39 is 0 Å². The van der Waals surface area contributed by atoms with E-state index in [-0.39, 0.29) is 5.91 Å². The number of amides is 1. The van der Waals surface area contributed by atoms with Gasteiger partial charge >= 0.3 is 0 Å². The van der Waals surface area contributed by atoms with E-state index in [0.29, 0.717) is 18.1 Å². The molecule has 0 spiro atoms. The van der Waals surface area contributed by atoms with Crippen molar-refractivity contribution in [3.05, 3.63) is 83.2 Å². The van der Waals surface area contributed by atoms with E-state index in [0.717, 1.165) is 22.4 Å². The van der Waals surface area contributed by atoms with Crippen molar-refractivity contribution in [2.45, 2.75) is 20.4 Å². The van der Waals surface area contributed by atoms with Crippen LogP contribution in [-0.2, 0) is 6.54 Å². The number of aryl methyl sites for hydroxylation is 1. The predicted octanol–water partition coefficient (Wildman–Crippen LogP) is 3.96. The van der Waals surface area contributed by atoms with Crippen molar-refractivity contribution in [1.29, 1.82) is 0 Å². The number of nitrogens with zero attached hydrogens (tertiary/aromatic N) is 2. The number of carbonyl (C=O) groups is 1. The molecule has 2 N–H and O–H groups in total. The summed E-state index contributed by atoms with van der Waals surface area (Å²) < 4.78 is 0. The van der Waals surface area contributed by atoms with Crippen LogP contribution in [0, 0.1) is 13.8 Å². The number of carbonyl (C=O) groups excluding carboxylic acids is 1. The molecule has 3 rings (SSSR count). The van der Waals surface area contributed by atoms with Crippen molar-refractivity contribution >= 4 is 17.5 Å². The van der Waals surface area contributed by atoms with Gasteiger partial charge in [0.05, 0.1) is 5.56 Å². The van der Waals surface area contributed by atoms with Crippen LogP contribution in [0.2, 0.25) is 0 Å². The van der Waals surface area contributed by atoms with Crippen LogP contribution in [0.1, 0.15) is 27.0 Å². The molecule has 0 unspecified atom stereocenters. The van der Waals surface area contributed by atoms with Crippen LogP contribution >= 0.6 is 0 Å². The van der Waals surface area contributed by atoms with E-state index >= 15 is 0 Å². The number of aromatic nitrogens is 2. The largest absolute Gasteiger partial charge is 0.350 e. The van der Waals surface area contributed by atoms with Gasteiger partial charge in [0.1, 0.15) is 0 Å². The minimum absolute atomic E-state index is 0.219. The van der Waals surface area contributed by atoms with Crippen LogP contribution in [-0.4, -0.2) is 15.9 Å². The van der Waals surface area contributed by atoms with Gasteiger partial charge in [0.25, 0.3) is 5.91 Å². The molecule has 2 aromatic carbocycles. The molecule has 0 aliphatic heterocycles. The predicted molar refractivity (Wildman–Crippen MR) is 99.7 cm³/mol. The summed E-state index contributed by atoms with van der Waals surface area (Å²) >= 11 is 0.